The maximum Gasteiger partial charge on any atom is 0.312 e. The first-order chi connectivity index (χ1) is 34.4. The number of hydrogen-bond donors (Lipinski definition) is 10. The molecule has 8 rings (SSSR count). The number of amides is 1. The first kappa shape index (κ1) is 53.9. The van der Waals surface area contributed by atoms with Crippen LogP contribution in [0.25, 0.3) is 21.9 Å². The molecular formula is C49H62N8O16. The van der Waals surface area contributed by atoms with Gasteiger partial charge in [-0.1, -0.05) is 45.9 Å². The Morgan fingerprint density at radius 1 is 0.973 bits per heavy atom. The van der Waals surface area contributed by atoms with E-state index in [1.165, 1.54) is 64.6 Å². The van der Waals surface area contributed by atoms with Gasteiger partial charge in [-0.2, -0.15) is 5.10 Å². The lowest BCUT2D eigenvalue weighted by atomic mass is 9.78. The van der Waals surface area contributed by atoms with E-state index in [9.17, 15) is 55.2 Å². The van der Waals surface area contributed by atoms with Crippen molar-refractivity contribution in [1.82, 2.24) is 19.5 Å². The van der Waals surface area contributed by atoms with Crippen molar-refractivity contribution in [1.29, 1.82) is 0 Å². The van der Waals surface area contributed by atoms with Crippen LogP contribution in [0.2, 0.25) is 0 Å². The van der Waals surface area contributed by atoms with Gasteiger partial charge in [-0.15, -0.1) is 0 Å². The largest absolute Gasteiger partial charge is 0.507 e. The van der Waals surface area contributed by atoms with E-state index in [0.717, 1.165) is 23.8 Å². The Labute approximate surface area is 418 Å². The lowest BCUT2D eigenvalue weighted by Gasteiger charge is -2.38. The van der Waals surface area contributed by atoms with Gasteiger partial charge in [0.2, 0.25) is 5.95 Å². The lowest BCUT2D eigenvalue weighted by molar-refractivity contribution is -0.160. The summed E-state index contributed by atoms with van der Waals surface area (Å²) in [6.07, 6.45) is -0.703. The van der Waals surface area contributed by atoms with Crippen LogP contribution in [0.4, 0.5) is 17.5 Å². The van der Waals surface area contributed by atoms with Gasteiger partial charge in [-0.25, -0.2) is 20.0 Å². The number of aliphatic hydroxyl groups excluding tert-OH is 5. The number of nitrogens with zero attached hydrogens (tertiary/aromatic N) is 6. The van der Waals surface area contributed by atoms with Crippen molar-refractivity contribution in [2.45, 2.75) is 110 Å². The number of aliphatic hydroxyl groups is 5. The predicted octanol–water partition coefficient (Wildman–Crippen LogP) is 2.56. The lowest BCUT2D eigenvalue weighted by Crippen LogP contribution is -2.46. The summed E-state index contributed by atoms with van der Waals surface area (Å²) in [6, 6.07) is 0. The van der Waals surface area contributed by atoms with Crippen LogP contribution in [0.1, 0.15) is 76.2 Å². The molecule has 11 N–H and O–H groups in total. The van der Waals surface area contributed by atoms with Crippen LogP contribution in [-0.2, 0) is 28.5 Å². The molecule has 4 aliphatic heterocycles. The molecule has 5 bridgehead atoms. The number of carbonyl (C=O) groups excluding carboxylic acids is 3. The van der Waals surface area contributed by atoms with E-state index in [2.05, 4.69) is 25.4 Å². The summed E-state index contributed by atoms with van der Waals surface area (Å²) < 4.78 is 30.8. The molecule has 2 aromatic carbocycles. The summed E-state index contributed by atoms with van der Waals surface area (Å²) in [7, 11) is 2.78. The number of hydrogen-bond acceptors (Lipinski definition) is 22. The standard InChI is InChI=1S/C49H62N8O16/c1-19-12-11-13-20(2)46(68)54-32-26(16-53-56(9)48-55-33-44(50)51-18-52-45(33)57(48)47-40(66)38(64)28(17-58)72-47)37(63)29-30(39(32)65)36(62)24(6)42-31(29)43(67)49(8,73-42)70-15-14-27(69-10)21(3)41(71-25(7)59)23(5)35(61)22(4)34(19)60/h11-16,18-19,21-23,27-28,34-35,38,40-41,47,58,60-66H,17H2,1-10H3,(H,54,68)(H2,50,51,52)/b12-11+,15-14+,20-13-,53-16-/t19-,21+,22+,23+,27-,28+,34-,35+,38+,40+,41+,47+,49-/m0/s1. The molecule has 394 valence electrons. The minimum Gasteiger partial charge on any atom is -0.507 e. The summed E-state index contributed by atoms with van der Waals surface area (Å²) >= 11 is 0. The Hall–Kier alpha value is -6.93. The number of fused-ring (bicyclic) bond motifs is 15. The monoisotopic (exact) mass is 1020 g/mol. The van der Waals surface area contributed by atoms with Crippen molar-refractivity contribution in [2.75, 3.05) is 36.8 Å². The SMILES string of the molecule is CO[C@H]1/C=C/O[C@@]2(C)Oc3c(C)c(O)c4c(O)c(c(/C=N\N(C)c5nc6c(N)ncnc6n5[C@@H]5O[C@H](CO)[C@@H](O)[C@H]5O)c(O)c4c3C2=O)NC(=O)/C(C)=C\C=C\[C@H](C)[C@H](O)[C@@H](C)[C@@H](O)[C@@H](C)[C@H](OC(C)=O)[C@@H]1C. The van der Waals surface area contributed by atoms with E-state index < -0.39 is 142 Å². The first-order valence-corrected chi connectivity index (χ1v) is 23.4. The Kier molecular flexibility index (Phi) is 15.4. The van der Waals surface area contributed by atoms with E-state index in [1.54, 1.807) is 33.8 Å². The quantitative estimate of drug-likeness (QED) is 0.0418. The number of nitrogens with one attached hydrogen (secondary N) is 1. The van der Waals surface area contributed by atoms with Gasteiger partial charge in [-0.3, -0.25) is 19.0 Å². The Balaban J connectivity index is 1.41. The fourth-order valence-corrected chi connectivity index (χ4v) is 9.54. The fraction of sp³-hybridized carbons (Fsp3) is 0.490. The Bertz CT molecular complexity index is 2940. The number of aromatic hydroxyl groups is 3. The average Bonchev–Trinajstić information content (AvgIpc) is 3.98. The van der Waals surface area contributed by atoms with Gasteiger partial charge in [0.15, 0.2) is 29.0 Å². The third-order valence-corrected chi connectivity index (χ3v) is 13.9. The highest BCUT2D eigenvalue weighted by molar-refractivity contribution is 6.24. The second-order valence-corrected chi connectivity index (χ2v) is 18.8. The van der Waals surface area contributed by atoms with Crippen LogP contribution in [0.5, 0.6) is 23.0 Å². The first-order valence-electron chi connectivity index (χ1n) is 23.4. The molecule has 13 atom stereocenters. The molecule has 0 radical (unpaired) electrons. The minimum atomic E-state index is -2.18. The van der Waals surface area contributed by atoms with Crippen molar-refractivity contribution in [3.63, 3.8) is 0 Å². The molecule has 0 aliphatic carbocycles. The molecule has 0 spiro atoms. The average molecular weight is 1020 g/mol. The number of esters is 1. The number of allylic oxidation sites excluding steroid dienone is 2. The third kappa shape index (κ3) is 9.62. The summed E-state index contributed by atoms with van der Waals surface area (Å²) in [5.74, 6) is -9.96. The maximum atomic E-state index is 14.7. The van der Waals surface area contributed by atoms with Gasteiger partial charge in [-0.05, 0) is 19.9 Å². The van der Waals surface area contributed by atoms with Crippen LogP contribution in [-0.4, -0.2) is 154 Å². The Morgan fingerprint density at radius 2 is 1.67 bits per heavy atom. The number of rotatable bonds is 7. The Morgan fingerprint density at radius 3 is 2.32 bits per heavy atom. The van der Waals surface area contributed by atoms with Gasteiger partial charge >= 0.3 is 11.8 Å². The van der Waals surface area contributed by atoms with Gasteiger partial charge in [0.1, 0.15) is 48.0 Å². The summed E-state index contributed by atoms with van der Waals surface area (Å²) in [6.45, 7) is 11.5. The zero-order valence-corrected chi connectivity index (χ0v) is 41.8. The van der Waals surface area contributed by atoms with E-state index in [-0.39, 0.29) is 45.4 Å². The zero-order valence-electron chi connectivity index (χ0n) is 41.8. The van der Waals surface area contributed by atoms with Gasteiger partial charge in [0, 0.05) is 68.2 Å². The van der Waals surface area contributed by atoms with Crippen LogP contribution in [0, 0.1) is 30.6 Å². The highest BCUT2D eigenvalue weighted by Crippen LogP contribution is 2.55. The van der Waals surface area contributed by atoms with Crippen LogP contribution in [0.15, 0.2) is 47.6 Å². The number of nitrogens with two attached hydrogens (primary N) is 1. The number of hydrazone groups is 1. The fourth-order valence-electron chi connectivity index (χ4n) is 9.54. The normalized spacial score (nSPS) is 31.8. The smallest absolute Gasteiger partial charge is 0.312 e. The summed E-state index contributed by atoms with van der Waals surface area (Å²) in [4.78, 5) is 54.0. The topological polar surface area (TPSA) is 356 Å². The van der Waals surface area contributed by atoms with Crippen LogP contribution >= 0.6 is 0 Å². The molecule has 1 amide bonds. The van der Waals surface area contributed by atoms with Crippen molar-refractivity contribution < 1.29 is 78.9 Å². The van der Waals surface area contributed by atoms with Crippen molar-refractivity contribution in [3.05, 3.63) is 59.2 Å². The number of Topliss-reactive ketones (excluding diaryl/α,β-unsaturated/α-hetero) is 1. The van der Waals surface area contributed by atoms with Crippen molar-refractivity contribution >= 4 is 63.3 Å². The second-order valence-electron chi connectivity index (χ2n) is 18.8. The number of imidazole rings is 1. The molecule has 73 heavy (non-hydrogen) atoms. The minimum absolute atomic E-state index is 0.0278. The zero-order chi connectivity index (χ0) is 53.7. The molecule has 1 saturated heterocycles. The number of phenolic OH excluding ortho intramolecular Hbond substituents is 3. The van der Waals surface area contributed by atoms with E-state index >= 15 is 0 Å². The summed E-state index contributed by atoms with van der Waals surface area (Å²) in [5, 5.41) is 98.4. The number of methoxy groups -OCH3 is 1. The van der Waals surface area contributed by atoms with Crippen LogP contribution < -0.4 is 20.8 Å². The number of nitrogen functional groups attached to an aromatic ring is 1. The molecular weight excluding hydrogens is 957 g/mol. The van der Waals surface area contributed by atoms with E-state index in [0.29, 0.717) is 0 Å². The molecule has 2 aromatic heterocycles. The van der Waals surface area contributed by atoms with Gasteiger partial charge in [0.05, 0.1) is 59.6 Å². The summed E-state index contributed by atoms with van der Waals surface area (Å²) in [5.41, 5.74) is 4.99. The molecule has 6 heterocycles. The molecule has 0 saturated carbocycles. The number of phenols is 3. The highest BCUT2D eigenvalue weighted by Gasteiger charge is 2.50. The molecule has 4 aromatic rings. The van der Waals surface area contributed by atoms with Gasteiger partial charge in [0.25, 0.3) is 11.7 Å². The molecule has 24 heteroatoms. The van der Waals surface area contributed by atoms with Crippen LogP contribution in [0.3, 0.4) is 0 Å². The van der Waals surface area contributed by atoms with Crippen molar-refractivity contribution in [3.8, 4) is 23.0 Å². The van der Waals surface area contributed by atoms with E-state index in [4.69, 9.17) is 29.4 Å². The van der Waals surface area contributed by atoms with E-state index in [1.807, 2.05) is 0 Å². The highest BCUT2D eigenvalue weighted by atomic mass is 16.7. The molecule has 1 fully saturated rings. The third-order valence-electron chi connectivity index (χ3n) is 13.9. The number of benzene rings is 2. The predicted molar refractivity (Wildman–Crippen MR) is 263 cm³/mol. The number of ether oxygens (including phenoxy) is 5. The number of aromatic nitrogens is 4. The van der Waals surface area contributed by atoms with Gasteiger partial charge < -0.3 is 75.6 Å². The number of ketones is 1. The molecule has 4 aliphatic rings. The molecule has 0 unspecified atom stereocenters. The molecule has 24 nitrogen and oxygen atoms in total. The number of anilines is 3. The van der Waals surface area contributed by atoms with Crippen molar-refractivity contribution in [2.24, 2.45) is 28.8 Å². The maximum absolute atomic E-state index is 14.7. The second kappa shape index (κ2) is 20.9. The number of carbonyl (C=O) groups is 3.